The summed E-state index contributed by atoms with van der Waals surface area (Å²) >= 11 is 0. The first kappa shape index (κ1) is 23.1. The van der Waals surface area contributed by atoms with Crippen LogP contribution in [0.2, 0.25) is 0 Å². The van der Waals surface area contributed by atoms with Crippen LogP contribution in [-0.4, -0.2) is 44.4 Å². The number of esters is 1. The van der Waals surface area contributed by atoms with E-state index < -0.39 is 15.4 Å². The fourth-order valence-electron chi connectivity index (χ4n) is 3.53. The third kappa shape index (κ3) is 7.27. The summed E-state index contributed by atoms with van der Waals surface area (Å²) < 4.78 is 32.4. The van der Waals surface area contributed by atoms with Gasteiger partial charge in [0.15, 0.2) is 0 Å². The molecule has 0 aliphatic carbocycles. The van der Waals surface area contributed by atoms with Crippen LogP contribution >= 0.6 is 0 Å². The predicted molar refractivity (Wildman–Crippen MR) is 120 cm³/mol. The first-order valence-corrected chi connectivity index (χ1v) is 12.1. The van der Waals surface area contributed by atoms with E-state index in [4.69, 9.17) is 4.74 Å². The molecule has 0 amide bonds. The zero-order valence-electron chi connectivity index (χ0n) is 17.7. The van der Waals surface area contributed by atoms with Crippen LogP contribution in [0.5, 0.6) is 0 Å². The lowest BCUT2D eigenvalue weighted by Crippen LogP contribution is -2.40. The molecule has 7 nitrogen and oxygen atoms in total. The Morgan fingerprint density at radius 2 is 1.97 bits per heavy atom. The molecule has 0 bridgehead atoms. The maximum absolute atomic E-state index is 12.4. The lowest BCUT2D eigenvalue weighted by Gasteiger charge is -2.13. The minimum atomic E-state index is -3.44. The molecular weight excluding hydrogens is 414 g/mol. The molecule has 1 aromatic heterocycles. The van der Waals surface area contributed by atoms with Crippen LogP contribution in [-0.2, 0) is 38.8 Å². The van der Waals surface area contributed by atoms with Gasteiger partial charge >= 0.3 is 5.97 Å². The Morgan fingerprint density at radius 3 is 2.65 bits per heavy atom. The fraction of sp³-hybridized carbons (Fsp3) is 0.391. The Labute approximate surface area is 184 Å². The number of benzene rings is 1. The summed E-state index contributed by atoms with van der Waals surface area (Å²) in [5.74, 6) is -0.216. The number of ether oxygens (including phenoxy) is 1. The van der Waals surface area contributed by atoms with Crippen molar-refractivity contribution in [1.29, 1.82) is 0 Å². The Balaban J connectivity index is 1.69. The molecule has 8 heteroatoms. The van der Waals surface area contributed by atoms with Gasteiger partial charge in [-0.3, -0.25) is 15.1 Å². The summed E-state index contributed by atoms with van der Waals surface area (Å²) in [4.78, 5) is 15.9. The van der Waals surface area contributed by atoms with E-state index in [1.165, 1.54) is 0 Å². The highest BCUT2D eigenvalue weighted by Crippen LogP contribution is 2.17. The minimum absolute atomic E-state index is 0.216. The largest absolute Gasteiger partial charge is 0.466 e. The minimum Gasteiger partial charge on any atom is -0.466 e. The van der Waals surface area contributed by atoms with Crippen molar-refractivity contribution in [2.45, 2.75) is 38.0 Å². The lowest BCUT2D eigenvalue weighted by molar-refractivity contribution is -0.143. The van der Waals surface area contributed by atoms with Crippen LogP contribution in [0.15, 0.2) is 54.9 Å². The number of sulfonamides is 1. The second-order valence-corrected chi connectivity index (χ2v) is 9.33. The number of pyridine rings is 1. The van der Waals surface area contributed by atoms with Crippen molar-refractivity contribution < 1.29 is 17.9 Å². The normalized spacial score (nSPS) is 15.8. The molecule has 1 atom stereocenters. The second kappa shape index (κ2) is 11.2. The van der Waals surface area contributed by atoms with Crippen molar-refractivity contribution >= 4 is 16.0 Å². The number of aromatic nitrogens is 1. The number of rotatable bonds is 11. The molecule has 2 aromatic rings. The van der Waals surface area contributed by atoms with E-state index in [9.17, 15) is 13.2 Å². The number of aryl methyl sites for hydroxylation is 1. The molecule has 166 valence electrons. The number of hydrogen-bond acceptors (Lipinski definition) is 6. The van der Waals surface area contributed by atoms with Gasteiger partial charge in [0.2, 0.25) is 10.0 Å². The van der Waals surface area contributed by atoms with E-state index in [-0.39, 0.29) is 5.97 Å². The van der Waals surface area contributed by atoms with Gasteiger partial charge < -0.3 is 4.74 Å². The van der Waals surface area contributed by atoms with Gasteiger partial charge in [-0.05, 0) is 54.5 Å². The van der Waals surface area contributed by atoms with Crippen molar-refractivity contribution in [2.75, 3.05) is 19.7 Å². The van der Waals surface area contributed by atoms with Crippen molar-refractivity contribution in [3.63, 3.8) is 0 Å². The van der Waals surface area contributed by atoms with Crippen molar-refractivity contribution in [3.8, 4) is 0 Å². The van der Waals surface area contributed by atoms with Gasteiger partial charge in [0, 0.05) is 31.9 Å². The van der Waals surface area contributed by atoms with Crippen LogP contribution in [0.3, 0.4) is 0 Å². The second-order valence-electron chi connectivity index (χ2n) is 7.45. The fourth-order valence-corrected chi connectivity index (χ4v) is 4.73. The molecule has 1 unspecified atom stereocenters. The summed E-state index contributed by atoms with van der Waals surface area (Å²) in [6.45, 7) is 3.03. The van der Waals surface area contributed by atoms with Gasteiger partial charge in [-0.25, -0.2) is 13.1 Å². The SMILES string of the molecule is CCOC(=O)CCc1cc(CCNS(=O)(=O)C2C=CCN2)cc(Cc2cccnc2)c1. The van der Waals surface area contributed by atoms with E-state index in [2.05, 4.69) is 27.2 Å². The number of nitrogens with one attached hydrogen (secondary N) is 2. The molecule has 1 aliphatic heterocycles. The van der Waals surface area contributed by atoms with Crippen LogP contribution in [0, 0.1) is 0 Å². The molecule has 2 N–H and O–H groups in total. The van der Waals surface area contributed by atoms with Gasteiger partial charge in [0.25, 0.3) is 0 Å². The first-order valence-electron chi connectivity index (χ1n) is 10.5. The summed E-state index contributed by atoms with van der Waals surface area (Å²) in [5.41, 5.74) is 4.26. The number of carbonyl (C=O) groups excluding carboxylic acids is 1. The number of hydrogen-bond donors (Lipinski definition) is 2. The number of carbonyl (C=O) groups is 1. The lowest BCUT2D eigenvalue weighted by atomic mass is 9.97. The smallest absolute Gasteiger partial charge is 0.306 e. The Bertz CT molecular complexity index is 1010. The van der Waals surface area contributed by atoms with Gasteiger partial charge in [-0.15, -0.1) is 0 Å². The summed E-state index contributed by atoms with van der Waals surface area (Å²) in [6.07, 6.45) is 9.21. The average Bonchev–Trinajstić information content (AvgIpc) is 3.29. The highest BCUT2D eigenvalue weighted by molar-refractivity contribution is 7.90. The van der Waals surface area contributed by atoms with Crippen LogP contribution < -0.4 is 10.0 Å². The topological polar surface area (TPSA) is 97.4 Å². The average molecular weight is 444 g/mol. The van der Waals surface area contributed by atoms with E-state index in [1.54, 1.807) is 19.2 Å². The van der Waals surface area contributed by atoms with Gasteiger partial charge in [-0.2, -0.15) is 0 Å². The molecule has 0 radical (unpaired) electrons. The Hall–Kier alpha value is -2.55. The molecule has 3 rings (SSSR count). The standard InChI is InChI=1S/C23H29N3O4S/c1-2-30-23(27)8-7-18-13-19(9-12-26-31(28,29)22-6-4-11-25-22)15-21(14-18)16-20-5-3-10-24-17-20/h3-6,10,13-15,17,22,25-26H,2,7-9,11-12,16H2,1H3. The van der Waals surface area contributed by atoms with E-state index in [1.807, 2.05) is 30.5 Å². The van der Waals surface area contributed by atoms with E-state index >= 15 is 0 Å². The summed E-state index contributed by atoms with van der Waals surface area (Å²) in [7, 11) is -3.44. The molecule has 1 aliphatic rings. The highest BCUT2D eigenvalue weighted by Gasteiger charge is 2.23. The monoisotopic (exact) mass is 443 g/mol. The maximum atomic E-state index is 12.4. The van der Waals surface area contributed by atoms with Gasteiger partial charge in [-0.1, -0.05) is 36.4 Å². The van der Waals surface area contributed by atoms with E-state index in [0.717, 1.165) is 28.7 Å². The molecule has 0 fully saturated rings. The van der Waals surface area contributed by atoms with Crippen molar-refractivity contribution in [3.05, 3.63) is 77.1 Å². The first-order chi connectivity index (χ1) is 15.0. The van der Waals surface area contributed by atoms with Crippen molar-refractivity contribution in [1.82, 2.24) is 15.0 Å². The Kier molecular flexibility index (Phi) is 8.34. The molecular formula is C23H29N3O4S. The van der Waals surface area contributed by atoms with E-state index in [0.29, 0.717) is 39.0 Å². The third-order valence-electron chi connectivity index (χ3n) is 4.97. The van der Waals surface area contributed by atoms with Gasteiger partial charge in [0.1, 0.15) is 5.37 Å². The quantitative estimate of drug-likeness (QED) is 0.408. The molecule has 0 saturated carbocycles. The molecule has 31 heavy (non-hydrogen) atoms. The van der Waals surface area contributed by atoms with Crippen LogP contribution in [0.25, 0.3) is 0 Å². The zero-order valence-corrected chi connectivity index (χ0v) is 18.5. The van der Waals surface area contributed by atoms with Crippen LogP contribution in [0.1, 0.15) is 35.6 Å². The zero-order chi connectivity index (χ0) is 22.1. The van der Waals surface area contributed by atoms with Crippen molar-refractivity contribution in [2.24, 2.45) is 0 Å². The molecule has 2 heterocycles. The predicted octanol–water partition coefficient (Wildman–Crippen LogP) is 2.12. The maximum Gasteiger partial charge on any atom is 0.306 e. The summed E-state index contributed by atoms with van der Waals surface area (Å²) in [5, 5.41) is 2.24. The number of nitrogens with zero attached hydrogens (tertiary/aromatic N) is 1. The molecule has 1 aromatic carbocycles. The summed E-state index contributed by atoms with van der Waals surface area (Å²) in [6, 6.07) is 10.1. The Morgan fingerprint density at radius 1 is 1.19 bits per heavy atom. The van der Waals surface area contributed by atoms with Gasteiger partial charge in [0.05, 0.1) is 6.61 Å². The molecule has 0 spiro atoms. The third-order valence-corrected chi connectivity index (χ3v) is 6.56. The molecule has 0 saturated heterocycles. The highest BCUT2D eigenvalue weighted by atomic mass is 32.2. The van der Waals surface area contributed by atoms with Crippen LogP contribution in [0.4, 0.5) is 0 Å².